The summed E-state index contributed by atoms with van der Waals surface area (Å²) >= 11 is 1.30. The highest BCUT2D eigenvalue weighted by atomic mass is 32.1. The summed E-state index contributed by atoms with van der Waals surface area (Å²) in [4.78, 5) is 19.1. The fourth-order valence-electron chi connectivity index (χ4n) is 1.96. The Morgan fingerprint density at radius 1 is 1.38 bits per heavy atom. The molecule has 0 unspecified atom stereocenters. The first-order valence-corrected chi connectivity index (χ1v) is 8.32. The normalized spacial score (nSPS) is 11.1. The van der Waals surface area contributed by atoms with Gasteiger partial charge in [-0.25, -0.2) is 4.98 Å². The van der Waals surface area contributed by atoms with Gasteiger partial charge >= 0.3 is 0 Å². The standard InChI is InChI=1S/C14H27N5OS/c1-5-8-19(6-2)9-7-16-13(20)11-12(15)18-14(21-11)17-10(3)4/h10H,5-9,15H2,1-4H3,(H,16,20)(H,17,18). The van der Waals surface area contributed by atoms with E-state index in [1.54, 1.807) is 0 Å². The van der Waals surface area contributed by atoms with E-state index in [0.29, 0.717) is 22.4 Å². The van der Waals surface area contributed by atoms with Crippen molar-refractivity contribution >= 4 is 28.2 Å². The molecule has 0 spiro atoms. The predicted molar refractivity (Wildman–Crippen MR) is 90.0 cm³/mol. The lowest BCUT2D eigenvalue weighted by atomic mass is 10.4. The molecular weight excluding hydrogens is 286 g/mol. The third-order valence-electron chi connectivity index (χ3n) is 2.97. The van der Waals surface area contributed by atoms with Crippen molar-refractivity contribution in [2.75, 3.05) is 37.2 Å². The Hall–Kier alpha value is -1.34. The third kappa shape index (κ3) is 5.89. The van der Waals surface area contributed by atoms with Crippen LogP contribution in [0.15, 0.2) is 0 Å². The first-order valence-electron chi connectivity index (χ1n) is 7.51. The molecule has 0 fully saturated rings. The average molecular weight is 313 g/mol. The number of nitrogen functional groups attached to an aromatic ring is 1. The summed E-state index contributed by atoms with van der Waals surface area (Å²) in [6.45, 7) is 11.8. The molecule has 1 aromatic rings. The fourth-order valence-corrected chi connectivity index (χ4v) is 2.90. The minimum Gasteiger partial charge on any atom is -0.382 e. The highest BCUT2D eigenvalue weighted by Crippen LogP contribution is 2.25. The lowest BCUT2D eigenvalue weighted by molar-refractivity contribution is 0.0953. The Balaban J connectivity index is 2.50. The van der Waals surface area contributed by atoms with Crippen molar-refractivity contribution in [3.63, 3.8) is 0 Å². The van der Waals surface area contributed by atoms with Crippen molar-refractivity contribution in [1.29, 1.82) is 0 Å². The smallest absolute Gasteiger partial charge is 0.265 e. The Morgan fingerprint density at radius 2 is 2.10 bits per heavy atom. The van der Waals surface area contributed by atoms with Gasteiger partial charge in [0.05, 0.1) is 0 Å². The third-order valence-corrected chi connectivity index (χ3v) is 3.97. The maximum Gasteiger partial charge on any atom is 0.265 e. The molecule has 6 nitrogen and oxygen atoms in total. The van der Waals surface area contributed by atoms with E-state index in [1.165, 1.54) is 11.3 Å². The topological polar surface area (TPSA) is 83.3 Å². The van der Waals surface area contributed by atoms with Crippen LogP contribution in [0.1, 0.15) is 43.8 Å². The molecule has 0 aliphatic heterocycles. The quantitative estimate of drug-likeness (QED) is 0.649. The maximum absolute atomic E-state index is 12.1. The van der Waals surface area contributed by atoms with E-state index < -0.39 is 0 Å². The Kier molecular flexibility index (Phi) is 7.45. The van der Waals surface area contributed by atoms with Gasteiger partial charge in [0.1, 0.15) is 10.7 Å². The fraction of sp³-hybridized carbons (Fsp3) is 0.714. The number of nitrogens with zero attached hydrogens (tertiary/aromatic N) is 2. The van der Waals surface area contributed by atoms with Crippen molar-refractivity contribution in [1.82, 2.24) is 15.2 Å². The minimum absolute atomic E-state index is 0.144. The number of anilines is 2. The van der Waals surface area contributed by atoms with Gasteiger partial charge in [-0.1, -0.05) is 25.2 Å². The Bertz CT molecular complexity index is 447. The summed E-state index contributed by atoms with van der Waals surface area (Å²) in [5.41, 5.74) is 5.81. The number of hydrogen-bond donors (Lipinski definition) is 3. The number of likely N-dealkylation sites (N-methyl/N-ethyl adjacent to an activating group) is 1. The highest BCUT2D eigenvalue weighted by molar-refractivity contribution is 7.18. The van der Waals surface area contributed by atoms with Gasteiger partial charge in [-0.3, -0.25) is 4.79 Å². The number of nitrogens with one attached hydrogen (secondary N) is 2. The zero-order valence-electron chi connectivity index (χ0n) is 13.4. The summed E-state index contributed by atoms with van der Waals surface area (Å²) in [6, 6.07) is 0.263. The molecule has 1 amide bonds. The molecule has 0 aromatic carbocycles. The van der Waals surface area contributed by atoms with Crippen LogP contribution in [-0.2, 0) is 0 Å². The SMILES string of the molecule is CCCN(CC)CCNC(=O)c1sc(NC(C)C)nc1N. The van der Waals surface area contributed by atoms with Crippen LogP contribution >= 0.6 is 11.3 Å². The van der Waals surface area contributed by atoms with Gasteiger partial charge in [0, 0.05) is 19.1 Å². The summed E-state index contributed by atoms with van der Waals surface area (Å²) in [5.74, 6) is 0.149. The van der Waals surface area contributed by atoms with Crippen molar-refractivity contribution < 1.29 is 4.79 Å². The van der Waals surface area contributed by atoms with Crippen molar-refractivity contribution in [2.45, 2.75) is 40.2 Å². The summed E-state index contributed by atoms with van der Waals surface area (Å²) in [7, 11) is 0. The molecule has 0 saturated heterocycles. The molecule has 1 rings (SSSR count). The largest absolute Gasteiger partial charge is 0.382 e. The van der Waals surface area contributed by atoms with Gasteiger partial charge in [-0.05, 0) is 33.4 Å². The second kappa shape index (κ2) is 8.84. The number of carbonyl (C=O) groups is 1. The second-order valence-electron chi connectivity index (χ2n) is 5.22. The first-order chi connectivity index (χ1) is 9.97. The zero-order valence-corrected chi connectivity index (χ0v) is 14.2. The van der Waals surface area contributed by atoms with Crippen molar-refractivity contribution in [3.8, 4) is 0 Å². The number of aromatic nitrogens is 1. The molecule has 0 aliphatic carbocycles. The number of thiazole rings is 1. The van der Waals surface area contributed by atoms with Crippen LogP contribution in [-0.4, -0.2) is 48.0 Å². The van der Waals surface area contributed by atoms with Gasteiger partial charge in [-0.15, -0.1) is 0 Å². The van der Waals surface area contributed by atoms with Crippen LogP contribution in [0.2, 0.25) is 0 Å². The summed E-state index contributed by atoms with van der Waals surface area (Å²) < 4.78 is 0. The first kappa shape index (κ1) is 17.7. The number of carbonyl (C=O) groups excluding carboxylic acids is 1. The van der Waals surface area contributed by atoms with Crippen LogP contribution < -0.4 is 16.4 Å². The van der Waals surface area contributed by atoms with Gasteiger partial charge < -0.3 is 21.3 Å². The van der Waals surface area contributed by atoms with E-state index in [2.05, 4.69) is 34.4 Å². The Labute approximate surface area is 131 Å². The lowest BCUT2D eigenvalue weighted by Crippen LogP contribution is -2.35. The number of amides is 1. The molecule has 0 aliphatic rings. The van der Waals surface area contributed by atoms with E-state index in [1.807, 2.05) is 13.8 Å². The zero-order chi connectivity index (χ0) is 15.8. The summed E-state index contributed by atoms with van der Waals surface area (Å²) in [6.07, 6.45) is 1.12. The van der Waals surface area contributed by atoms with Crippen LogP contribution in [0.4, 0.5) is 10.9 Å². The Morgan fingerprint density at radius 3 is 2.67 bits per heavy atom. The molecule has 0 atom stereocenters. The van der Waals surface area contributed by atoms with E-state index in [9.17, 15) is 4.79 Å². The molecule has 0 saturated carbocycles. The molecule has 1 aromatic heterocycles. The van der Waals surface area contributed by atoms with Crippen molar-refractivity contribution in [3.05, 3.63) is 4.88 Å². The van der Waals surface area contributed by atoms with E-state index >= 15 is 0 Å². The van der Waals surface area contributed by atoms with Crippen LogP contribution in [0.5, 0.6) is 0 Å². The monoisotopic (exact) mass is 313 g/mol. The highest BCUT2D eigenvalue weighted by Gasteiger charge is 2.16. The van der Waals surface area contributed by atoms with Gasteiger partial charge in [0.2, 0.25) is 0 Å². The van der Waals surface area contributed by atoms with Crippen LogP contribution in [0.25, 0.3) is 0 Å². The van der Waals surface area contributed by atoms with E-state index in [4.69, 9.17) is 5.73 Å². The van der Waals surface area contributed by atoms with Crippen LogP contribution in [0, 0.1) is 0 Å². The molecule has 7 heteroatoms. The van der Waals surface area contributed by atoms with Gasteiger partial charge in [-0.2, -0.15) is 0 Å². The second-order valence-corrected chi connectivity index (χ2v) is 6.22. The predicted octanol–water partition coefficient (Wildman–Crippen LogP) is 2.01. The minimum atomic E-state index is -0.144. The molecular formula is C14H27N5OS. The maximum atomic E-state index is 12.1. The van der Waals surface area contributed by atoms with E-state index in [0.717, 1.165) is 26.1 Å². The van der Waals surface area contributed by atoms with E-state index in [-0.39, 0.29) is 11.9 Å². The molecule has 0 radical (unpaired) electrons. The van der Waals surface area contributed by atoms with Crippen LogP contribution in [0.3, 0.4) is 0 Å². The van der Waals surface area contributed by atoms with Gasteiger partial charge in [0.25, 0.3) is 5.91 Å². The number of nitrogens with two attached hydrogens (primary N) is 1. The average Bonchev–Trinajstić information content (AvgIpc) is 2.77. The molecule has 0 bridgehead atoms. The number of hydrogen-bond acceptors (Lipinski definition) is 6. The number of rotatable bonds is 9. The molecule has 4 N–H and O–H groups in total. The molecule has 120 valence electrons. The molecule has 1 heterocycles. The van der Waals surface area contributed by atoms with Gasteiger partial charge in [0.15, 0.2) is 5.13 Å². The van der Waals surface area contributed by atoms with Crippen molar-refractivity contribution in [2.24, 2.45) is 0 Å². The lowest BCUT2D eigenvalue weighted by Gasteiger charge is -2.19. The summed E-state index contributed by atoms with van der Waals surface area (Å²) in [5, 5.41) is 6.76. The molecule has 21 heavy (non-hydrogen) atoms.